The molecule has 3 aromatic rings. The number of esters is 1. The highest BCUT2D eigenvalue weighted by molar-refractivity contribution is 9.10. The summed E-state index contributed by atoms with van der Waals surface area (Å²) in [5.74, 6) is -3.70. The number of carbonyl (C=O) groups is 2. The van der Waals surface area contributed by atoms with Crippen LogP contribution in [0.3, 0.4) is 0 Å². The van der Waals surface area contributed by atoms with Gasteiger partial charge in [-0.05, 0) is 35.4 Å². The van der Waals surface area contributed by atoms with Gasteiger partial charge in [0, 0.05) is 9.80 Å². The molecule has 1 N–H and O–H groups in total. The number of ether oxygens (including phenoxy) is 1. The van der Waals surface area contributed by atoms with Crippen molar-refractivity contribution in [2.24, 2.45) is 0 Å². The van der Waals surface area contributed by atoms with Crippen molar-refractivity contribution >= 4 is 60.2 Å². The quantitative estimate of drug-likeness (QED) is 0.238. The second-order valence-electron chi connectivity index (χ2n) is 5.67. The number of aromatic nitrogens is 1. The van der Waals surface area contributed by atoms with Crippen LogP contribution in [0.2, 0.25) is 0 Å². The van der Waals surface area contributed by atoms with Gasteiger partial charge in [-0.15, -0.1) is 0 Å². The summed E-state index contributed by atoms with van der Waals surface area (Å²) in [6.07, 6.45) is 0. The van der Waals surface area contributed by atoms with Crippen LogP contribution in [0.15, 0.2) is 40.9 Å². The molecule has 0 saturated carbocycles. The Morgan fingerprint density at radius 3 is 2.24 bits per heavy atom. The monoisotopic (exact) mass is 604 g/mol. The minimum atomic E-state index is -1.01. The number of nitrogens with one attached hydrogen (secondary N) is 1. The number of thiazole rings is 1. The fourth-order valence-corrected chi connectivity index (χ4v) is 4.39. The maximum atomic E-state index is 13.9. The molecule has 33 heavy (non-hydrogen) atoms. The average molecular weight is 606 g/mol. The van der Waals surface area contributed by atoms with Crippen molar-refractivity contribution in [1.82, 2.24) is 4.98 Å². The number of carbonyl (C=O) groups excluding carboxylic acids is 2. The number of nitrogens with zero attached hydrogens (tertiary/aromatic N) is 1. The third-order valence-corrected chi connectivity index (χ3v) is 5.98. The second-order valence-corrected chi connectivity index (χ2v) is 8.15. The zero-order valence-electron chi connectivity index (χ0n) is 18.8. The zero-order valence-corrected chi connectivity index (χ0v) is 22.8. The number of benzene rings is 2. The minimum Gasteiger partial charge on any atom is -0.464 e. The van der Waals surface area contributed by atoms with Gasteiger partial charge in [0.05, 0.1) is 12.0 Å². The lowest BCUT2D eigenvalue weighted by atomic mass is 10.1. The molecule has 0 unspecified atom stereocenters. The molecule has 0 fully saturated rings. The summed E-state index contributed by atoms with van der Waals surface area (Å²) in [5.41, 5.74) is 0.835. The van der Waals surface area contributed by atoms with Crippen molar-refractivity contribution in [1.29, 1.82) is 0 Å². The third kappa shape index (κ3) is 7.15. The van der Waals surface area contributed by atoms with Crippen molar-refractivity contribution in [3.63, 3.8) is 0 Å². The zero-order chi connectivity index (χ0) is 25.1. The lowest BCUT2D eigenvalue weighted by Gasteiger charge is -2.07. The number of hydrogen-bond donors (Lipinski definition) is 1. The SMILES string of the molecule is CC.CC.COC(=O)c1nc(NC(=O)c2c(F)cccc2F)sc1-c1cc(Br)ccc1CBr. The molecule has 0 spiro atoms. The van der Waals surface area contributed by atoms with Crippen LogP contribution in [0, 0.1) is 11.6 Å². The Morgan fingerprint density at radius 1 is 1.09 bits per heavy atom. The van der Waals surface area contributed by atoms with E-state index in [1.165, 1.54) is 7.11 Å². The predicted molar refractivity (Wildman–Crippen MR) is 136 cm³/mol. The molecule has 1 amide bonds. The van der Waals surface area contributed by atoms with Crippen LogP contribution in [0.4, 0.5) is 13.9 Å². The molecule has 2 aromatic carbocycles. The highest BCUT2D eigenvalue weighted by atomic mass is 79.9. The van der Waals surface area contributed by atoms with Crippen molar-refractivity contribution in [2.45, 2.75) is 33.0 Å². The molecule has 1 heterocycles. The van der Waals surface area contributed by atoms with E-state index in [1.807, 2.05) is 39.8 Å². The second kappa shape index (κ2) is 14.2. The van der Waals surface area contributed by atoms with E-state index in [-0.39, 0.29) is 10.8 Å². The molecule has 5 nitrogen and oxygen atoms in total. The topological polar surface area (TPSA) is 68.3 Å². The van der Waals surface area contributed by atoms with Crippen LogP contribution in [0.1, 0.15) is 54.1 Å². The summed E-state index contributed by atoms with van der Waals surface area (Å²) < 4.78 is 33.3. The van der Waals surface area contributed by atoms with Crippen molar-refractivity contribution < 1.29 is 23.1 Å². The molecule has 0 atom stereocenters. The van der Waals surface area contributed by atoms with Gasteiger partial charge in [-0.2, -0.15) is 0 Å². The number of alkyl halides is 1. The van der Waals surface area contributed by atoms with Gasteiger partial charge in [-0.3, -0.25) is 10.1 Å². The highest BCUT2D eigenvalue weighted by Gasteiger charge is 2.24. The summed E-state index contributed by atoms with van der Waals surface area (Å²) in [6, 6.07) is 8.64. The lowest BCUT2D eigenvalue weighted by Crippen LogP contribution is -2.16. The van der Waals surface area contributed by atoms with Crippen LogP contribution >= 0.6 is 43.2 Å². The Kier molecular flexibility index (Phi) is 12.4. The summed E-state index contributed by atoms with van der Waals surface area (Å²) >= 11 is 7.80. The highest BCUT2D eigenvalue weighted by Crippen LogP contribution is 2.38. The maximum Gasteiger partial charge on any atom is 0.358 e. The molecule has 3 rings (SSSR count). The van der Waals surface area contributed by atoms with E-state index < -0.39 is 29.1 Å². The number of halogens is 4. The Labute approximate surface area is 212 Å². The predicted octanol–water partition coefficient (Wildman–Crippen LogP) is 7.84. The molecule has 10 heteroatoms. The average Bonchev–Trinajstić information content (AvgIpc) is 3.24. The number of anilines is 1. The molecular formula is C23H24Br2F2N2O3S. The molecule has 0 radical (unpaired) electrons. The minimum absolute atomic E-state index is 0.00792. The van der Waals surface area contributed by atoms with E-state index in [9.17, 15) is 18.4 Å². The maximum absolute atomic E-state index is 13.9. The van der Waals surface area contributed by atoms with E-state index in [2.05, 4.69) is 42.2 Å². The molecule has 178 valence electrons. The summed E-state index contributed by atoms with van der Waals surface area (Å²) in [5, 5.41) is 2.88. The molecule has 0 aliphatic carbocycles. The largest absolute Gasteiger partial charge is 0.464 e. The number of amides is 1. The van der Waals surface area contributed by atoms with Crippen LogP contribution in [-0.2, 0) is 10.1 Å². The van der Waals surface area contributed by atoms with Gasteiger partial charge in [0.25, 0.3) is 5.91 Å². The third-order valence-electron chi connectivity index (χ3n) is 3.88. The first-order valence-corrected chi connectivity index (χ1v) is 12.8. The summed E-state index contributed by atoms with van der Waals surface area (Å²) in [4.78, 5) is 29.2. The Balaban J connectivity index is 0.00000129. The van der Waals surface area contributed by atoms with E-state index in [1.54, 1.807) is 6.07 Å². The molecule has 0 saturated heterocycles. The van der Waals surface area contributed by atoms with Gasteiger partial charge in [-0.25, -0.2) is 18.6 Å². The Morgan fingerprint density at radius 2 is 1.70 bits per heavy atom. The molecule has 0 aliphatic heterocycles. The van der Waals surface area contributed by atoms with Crippen LogP contribution < -0.4 is 5.32 Å². The smallest absolute Gasteiger partial charge is 0.358 e. The van der Waals surface area contributed by atoms with Gasteiger partial charge < -0.3 is 4.74 Å². The van der Waals surface area contributed by atoms with Gasteiger partial charge in [0.15, 0.2) is 10.8 Å². The standard InChI is InChI=1S/C19H12Br2F2N2O3S.2C2H6/c1-28-18(27)15-16(11-7-10(21)6-5-9(11)8-20)29-19(24-15)25-17(26)14-12(22)3-2-4-13(14)23;2*1-2/h2-7H,8H2,1H3,(H,24,25,26);2*1-2H3. The number of methoxy groups -OCH3 is 1. The van der Waals surface area contributed by atoms with Crippen LogP contribution in [0.25, 0.3) is 10.4 Å². The van der Waals surface area contributed by atoms with Crippen molar-refractivity contribution in [3.05, 3.63) is 69.3 Å². The van der Waals surface area contributed by atoms with Crippen molar-refractivity contribution in [3.8, 4) is 10.4 Å². The number of hydrogen-bond acceptors (Lipinski definition) is 5. The van der Waals surface area contributed by atoms with Crippen LogP contribution in [0.5, 0.6) is 0 Å². The first-order valence-electron chi connectivity index (χ1n) is 10.0. The van der Waals surface area contributed by atoms with E-state index in [4.69, 9.17) is 4.74 Å². The van der Waals surface area contributed by atoms with Crippen LogP contribution in [-0.4, -0.2) is 24.0 Å². The Hall–Kier alpha value is -2.17. The fraction of sp³-hybridized carbons (Fsp3) is 0.261. The Bertz CT molecular complexity index is 1090. The van der Waals surface area contributed by atoms with E-state index >= 15 is 0 Å². The first-order chi connectivity index (χ1) is 15.8. The van der Waals surface area contributed by atoms with Gasteiger partial charge in [-0.1, -0.05) is 83.0 Å². The van der Waals surface area contributed by atoms with E-state index in [0.717, 1.165) is 39.6 Å². The molecule has 0 aliphatic rings. The summed E-state index contributed by atoms with van der Waals surface area (Å²) in [6.45, 7) is 8.00. The van der Waals surface area contributed by atoms with Crippen molar-refractivity contribution in [2.75, 3.05) is 12.4 Å². The number of rotatable bonds is 5. The molecule has 0 bridgehead atoms. The van der Waals surface area contributed by atoms with E-state index in [0.29, 0.717) is 15.8 Å². The molecular weight excluding hydrogens is 582 g/mol. The lowest BCUT2D eigenvalue weighted by molar-refractivity contribution is 0.0595. The molecule has 1 aromatic heterocycles. The van der Waals surface area contributed by atoms with Gasteiger partial charge >= 0.3 is 5.97 Å². The fourth-order valence-electron chi connectivity index (χ4n) is 2.54. The first kappa shape index (κ1) is 28.9. The summed E-state index contributed by atoms with van der Waals surface area (Å²) in [7, 11) is 1.21. The van der Waals surface area contributed by atoms with Gasteiger partial charge in [0.1, 0.15) is 17.2 Å². The normalized spacial score (nSPS) is 9.73. The van der Waals surface area contributed by atoms with Gasteiger partial charge in [0.2, 0.25) is 0 Å².